The number of carbonyl (C=O) groups excluding carboxylic acids is 1. The van der Waals surface area contributed by atoms with Gasteiger partial charge in [-0.25, -0.2) is 0 Å². The van der Waals surface area contributed by atoms with Crippen LogP contribution in [0.5, 0.6) is 0 Å². The van der Waals surface area contributed by atoms with Crippen molar-refractivity contribution in [1.29, 1.82) is 0 Å². The highest BCUT2D eigenvalue weighted by Crippen LogP contribution is 2.64. The van der Waals surface area contributed by atoms with Gasteiger partial charge in [0.15, 0.2) is 5.82 Å². The van der Waals surface area contributed by atoms with E-state index in [0.717, 1.165) is 32.2 Å². The smallest absolute Gasteiger partial charge is 0.231 e. The largest absolute Gasteiger partial charge is 0.309 e. The molecule has 4 aliphatic carbocycles. The minimum Gasteiger partial charge on any atom is -0.309 e. The van der Waals surface area contributed by atoms with Crippen molar-refractivity contribution in [3.05, 3.63) is 42.4 Å². The van der Waals surface area contributed by atoms with Gasteiger partial charge in [0, 0.05) is 35.5 Å². The molecular weight excluding hydrogens is 404 g/mol. The highest BCUT2D eigenvalue weighted by atomic mass is 79.9. The number of alkyl halides is 1. The van der Waals surface area contributed by atoms with Crippen LogP contribution in [-0.2, 0) is 17.8 Å². The molecule has 6 heteroatoms. The van der Waals surface area contributed by atoms with Crippen LogP contribution in [0.15, 0.2) is 36.8 Å². The highest BCUT2D eigenvalue weighted by Gasteiger charge is 2.59. The first-order chi connectivity index (χ1) is 13.0. The number of anilines is 1. The van der Waals surface area contributed by atoms with Crippen LogP contribution in [0.3, 0.4) is 0 Å². The lowest BCUT2D eigenvalue weighted by Crippen LogP contribution is -2.57. The minimum absolute atomic E-state index is 0.180. The zero-order valence-electron chi connectivity index (χ0n) is 15.4. The lowest BCUT2D eigenvalue weighted by Gasteiger charge is -2.59. The quantitative estimate of drug-likeness (QED) is 0.725. The molecule has 6 rings (SSSR count). The van der Waals surface area contributed by atoms with Crippen LogP contribution in [0.2, 0.25) is 0 Å². The molecule has 2 atom stereocenters. The Bertz CT molecular complexity index is 835. The van der Waals surface area contributed by atoms with Crippen LogP contribution < -0.4 is 5.32 Å². The minimum atomic E-state index is -0.200. The van der Waals surface area contributed by atoms with Gasteiger partial charge < -0.3 is 5.32 Å². The maximum atomic E-state index is 13.2. The Hall–Kier alpha value is -1.69. The summed E-state index contributed by atoms with van der Waals surface area (Å²) >= 11 is 3.99. The molecule has 4 fully saturated rings. The summed E-state index contributed by atoms with van der Waals surface area (Å²) in [7, 11) is 0. The molecule has 27 heavy (non-hydrogen) atoms. The van der Waals surface area contributed by atoms with Gasteiger partial charge in [0.2, 0.25) is 5.91 Å². The molecule has 1 amide bonds. The van der Waals surface area contributed by atoms with Crippen molar-refractivity contribution < 1.29 is 4.79 Å². The van der Waals surface area contributed by atoms with Crippen LogP contribution >= 0.6 is 15.9 Å². The Labute approximate surface area is 168 Å². The van der Waals surface area contributed by atoms with Gasteiger partial charge >= 0.3 is 0 Å². The summed E-state index contributed by atoms with van der Waals surface area (Å²) in [6.45, 7) is 0.791. The molecule has 142 valence electrons. The summed E-state index contributed by atoms with van der Waals surface area (Å²) < 4.78 is 2.10. The third kappa shape index (κ3) is 3.33. The number of aromatic nitrogens is 3. The van der Waals surface area contributed by atoms with E-state index >= 15 is 0 Å². The van der Waals surface area contributed by atoms with Gasteiger partial charge in [-0.15, -0.1) is 0 Å². The van der Waals surface area contributed by atoms with E-state index in [-0.39, 0.29) is 15.6 Å². The van der Waals surface area contributed by atoms with E-state index in [1.807, 2.05) is 41.5 Å². The average Bonchev–Trinajstić information content (AvgIpc) is 3.06. The number of rotatable bonds is 5. The predicted octanol–water partition coefficient (Wildman–Crippen LogP) is 4.19. The molecule has 4 bridgehead atoms. The van der Waals surface area contributed by atoms with Crippen LogP contribution in [-0.4, -0.2) is 25.0 Å². The van der Waals surface area contributed by atoms with Gasteiger partial charge in [0.1, 0.15) is 0 Å². The molecule has 0 spiro atoms. The molecule has 1 N–H and O–H groups in total. The molecule has 2 heterocycles. The van der Waals surface area contributed by atoms with Crippen LogP contribution in [0, 0.1) is 17.3 Å². The third-order valence-corrected chi connectivity index (χ3v) is 7.66. The molecule has 0 saturated heterocycles. The number of nitrogens with zero attached hydrogens (tertiary/aromatic N) is 3. The normalized spacial score (nSPS) is 34.0. The fourth-order valence-corrected chi connectivity index (χ4v) is 7.46. The van der Waals surface area contributed by atoms with Gasteiger partial charge in [0.05, 0.1) is 5.41 Å². The zero-order valence-corrected chi connectivity index (χ0v) is 17.0. The fourth-order valence-electron chi connectivity index (χ4n) is 6.01. The second-order valence-electron chi connectivity index (χ2n) is 8.92. The number of amides is 1. The number of pyridine rings is 1. The van der Waals surface area contributed by atoms with E-state index in [9.17, 15) is 4.79 Å². The second-order valence-corrected chi connectivity index (χ2v) is 10.6. The molecule has 2 unspecified atom stereocenters. The van der Waals surface area contributed by atoms with Crippen LogP contribution in [0.4, 0.5) is 5.82 Å². The second kappa shape index (κ2) is 6.43. The molecule has 2 aromatic heterocycles. The first kappa shape index (κ1) is 17.4. The van der Waals surface area contributed by atoms with Gasteiger partial charge in [-0.2, -0.15) is 5.10 Å². The number of aryl methyl sites for hydroxylation is 2. The summed E-state index contributed by atoms with van der Waals surface area (Å²) in [5.41, 5.74) is 1.04. The molecular formula is C21H25BrN4O. The van der Waals surface area contributed by atoms with Gasteiger partial charge in [0.25, 0.3) is 0 Å². The average molecular weight is 429 g/mol. The standard InChI is InChI=1S/C21H25BrN4O/c22-21-12-16-9-17(13-21)11-20(10-16,14-21)19(27)24-18-4-8-26(25-18)7-3-15-1-5-23-6-2-15/h1-2,4-6,8,16-17H,3,7,9-14H2,(H,24,25,27). The van der Waals surface area contributed by atoms with Crippen molar-refractivity contribution in [2.75, 3.05) is 5.32 Å². The van der Waals surface area contributed by atoms with Crippen LogP contribution in [0.25, 0.3) is 0 Å². The first-order valence-electron chi connectivity index (χ1n) is 9.95. The first-order valence-corrected chi connectivity index (χ1v) is 10.7. The van der Waals surface area contributed by atoms with Crippen LogP contribution in [0.1, 0.15) is 44.1 Å². The summed E-state index contributed by atoms with van der Waals surface area (Å²) in [5, 5.41) is 7.70. The van der Waals surface area contributed by atoms with Crippen molar-refractivity contribution in [3.63, 3.8) is 0 Å². The number of nitrogens with one attached hydrogen (secondary N) is 1. The summed E-state index contributed by atoms with van der Waals surface area (Å²) in [6.07, 6.45) is 13.3. The van der Waals surface area contributed by atoms with E-state index in [1.165, 1.54) is 24.8 Å². The van der Waals surface area contributed by atoms with Crippen molar-refractivity contribution in [2.45, 2.75) is 55.8 Å². The Kier molecular flexibility index (Phi) is 4.15. The predicted molar refractivity (Wildman–Crippen MR) is 108 cm³/mol. The Morgan fingerprint density at radius 2 is 1.93 bits per heavy atom. The van der Waals surface area contributed by atoms with Crippen molar-refractivity contribution in [3.8, 4) is 0 Å². The van der Waals surface area contributed by atoms with E-state index in [0.29, 0.717) is 17.7 Å². The number of hydrogen-bond acceptors (Lipinski definition) is 3. The van der Waals surface area contributed by atoms with Crippen molar-refractivity contribution >= 4 is 27.7 Å². The number of carbonyl (C=O) groups is 1. The summed E-state index contributed by atoms with van der Waals surface area (Å²) in [6, 6.07) is 5.96. The van der Waals surface area contributed by atoms with E-state index < -0.39 is 0 Å². The monoisotopic (exact) mass is 428 g/mol. The maximum absolute atomic E-state index is 13.2. The zero-order chi connectivity index (χ0) is 18.5. The fraction of sp³-hybridized carbons (Fsp3) is 0.571. The number of hydrogen-bond donors (Lipinski definition) is 1. The van der Waals surface area contributed by atoms with Gasteiger partial charge in [-0.1, -0.05) is 15.9 Å². The molecule has 5 nitrogen and oxygen atoms in total. The lowest BCUT2D eigenvalue weighted by molar-refractivity contribution is -0.138. The van der Waals surface area contributed by atoms with E-state index in [2.05, 4.69) is 31.3 Å². The molecule has 0 aliphatic heterocycles. The molecule has 0 aromatic carbocycles. The van der Waals surface area contributed by atoms with Gasteiger partial charge in [-0.3, -0.25) is 14.5 Å². The van der Waals surface area contributed by atoms with E-state index in [1.54, 1.807) is 0 Å². The number of halogens is 1. The SMILES string of the molecule is O=C(Nc1ccn(CCc2ccncc2)n1)C12CC3CC(CC(Br)(C3)C1)C2. The van der Waals surface area contributed by atoms with E-state index in [4.69, 9.17) is 0 Å². The maximum Gasteiger partial charge on any atom is 0.231 e. The highest BCUT2D eigenvalue weighted by molar-refractivity contribution is 9.10. The van der Waals surface area contributed by atoms with Gasteiger partial charge in [-0.05, 0) is 74.5 Å². The van der Waals surface area contributed by atoms with Crippen molar-refractivity contribution in [2.24, 2.45) is 17.3 Å². The molecule has 4 saturated carbocycles. The Balaban J connectivity index is 1.25. The topological polar surface area (TPSA) is 59.8 Å². The summed E-state index contributed by atoms with van der Waals surface area (Å²) in [5.74, 6) is 2.26. The Morgan fingerprint density at radius 3 is 2.63 bits per heavy atom. The Morgan fingerprint density at radius 1 is 1.19 bits per heavy atom. The van der Waals surface area contributed by atoms with Crippen molar-refractivity contribution in [1.82, 2.24) is 14.8 Å². The third-order valence-electron chi connectivity index (χ3n) is 6.73. The molecule has 0 radical (unpaired) electrons. The molecule has 4 aliphatic rings. The summed E-state index contributed by atoms with van der Waals surface area (Å²) in [4.78, 5) is 17.3. The lowest BCUT2D eigenvalue weighted by atomic mass is 9.49. The molecule has 2 aromatic rings.